The van der Waals surface area contributed by atoms with Gasteiger partial charge in [-0.3, -0.25) is 4.79 Å². The number of carbonyl (C=O) groups excluding carboxylic acids is 1. The van der Waals surface area contributed by atoms with Crippen LogP contribution < -0.4 is 0 Å². The number of Topliss-reactive ketones (excluding diaryl/α,β-unsaturated/α-hetero) is 1. The maximum absolute atomic E-state index is 12.0. The van der Waals surface area contributed by atoms with Gasteiger partial charge in [-0.25, -0.2) is 0 Å². The Morgan fingerprint density at radius 2 is 1.86 bits per heavy atom. The van der Waals surface area contributed by atoms with Gasteiger partial charge in [0, 0.05) is 18.4 Å². The summed E-state index contributed by atoms with van der Waals surface area (Å²) in [5.41, 5.74) is 0. The predicted octanol–water partition coefficient (Wildman–Crippen LogP) is 2.33. The summed E-state index contributed by atoms with van der Waals surface area (Å²) >= 11 is 0. The van der Waals surface area contributed by atoms with Gasteiger partial charge in [0.25, 0.3) is 0 Å². The highest BCUT2D eigenvalue weighted by molar-refractivity contribution is 5.83. The Labute approximate surface area is 87.7 Å². The molecule has 0 aromatic rings. The van der Waals surface area contributed by atoms with Gasteiger partial charge in [-0.15, -0.1) is 0 Å². The quantitative estimate of drug-likeness (QED) is 0.689. The Bertz CT molecular complexity index is 183. The van der Waals surface area contributed by atoms with Crippen LogP contribution in [0.2, 0.25) is 0 Å². The lowest BCUT2D eigenvalue weighted by Crippen LogP contribution is -2.31. The molecule has 1 saturated carbocycles. The van der Waals surface area contributed by atoms with Crippen molar-refractivity contribution in [3.63, 3.8) is 0 Å². The first kappa shape index (κ1) is 11.7. The number of nitrogens with zero attached hydrogens (tertiary/aromatic N) is 1. The molecule has 1 aliphatic carbocycles. The lowest BCUT2D eigenvalue weighted by Gasteiger charge is -2.24. The van der Waals surface area contributed by atoms with Crippen molar-refractivity contribution in [2.24, 2.45) is 11.8 Å². The Morgan fingerprint density at radius 1 is 1.29 bits per heavy atom. The van der Waals surface area contributed by atoms with Crippen LogP contribution in [-0.4, -0.2) is 31.3 Å². The van der Waals surface area contributed by atoms with Gasteiger partial charge in [0.15, 0.2) is 0 Å². The molecule has 82 valence electrons. The van der Waals surface area contributed by atoms with Crippen LogP contribution in [0, 0.1) is 11.8 Å². The first-order valence-corrected chi connectivity index (χ1v) is 5.79. The minimum absolute atomic E-state index is 0.216. The zero-order valence-electron chi connectivity index (χ0n) is 9.75. The number of hydrogen-bond acceptors (Lipinski definition) is 2. The summed E-state index contributed by atoms with van der Waals surface area (Å²) in [5.74, 6) is 1.09. The van der Waals surface area contributed by atoms with Crippen LogP contribution in [0.1, 0.15) is 39.0 Å². The van der Waals surface area contributed by atoms with Crippen molar-refractivity contribution in [2.45, 2.75) is 39.0 Å². The molecule has 0 bridgehead atoms. The van der Waals surface area contributed by atoms with E-state index in [9.17, 15) is 4.79 Å². The van der Waals surface area contributed by atoms with Crippen molar-refractivity contribution >= 4 is 5.78 Å². The lowest BCUT2D eigenvalue weighted by atomic mass is 9.82. The molecule has 0 radical (unpaired) electrons. The summed E-state index contributed by atoms with van der Waals surface area (Å²) in [6.45, 7) is 2.96. The van der Waals surface area contributed by atoms with E-state index in [2.05, 4.69) is 11.8 Å². The highest BCUT2D eigenvalue weighted by Gasteiger charge is 2.25. The van der Waals surface area contributed by atoms with E-state index in [-0.39, 0.29) is 5.92 Å². The predicted molar refractivity (Wildman–Crippen MR) is 59.3 cm³/mol. The molecule has 0 heterocycles. The van der Waals surface area contributed by atoms with Gasteiger partial charge >= 0.3 is 0 Å². The monoisotopic (exact) mass is 197 g/mol. The molecule has 14 heavy (non-hydrogen) atoms. The van der Waals surface area contributed by atoms with Gasteiger partial charge in [0.1, 0.15) is 5.78 Å². The standard InChI is InChI=1S/C12H23NO/c1-10(9-13(2)3)12(14)11-7-5-4-6-8-11/h10-11H,4-9H2,1-3H3/t10-/m1/s1. The highest BCUT2D eigenvalue weighted by atomic mass is 16.1. The second-order valence-corrected chi connectivity index (χ2v) is 4.90. The van der Waals surface area contributed by atoms with Gasteiger partial charge < -0.3 is 4.90 Å². The number of carbonyl (C=O) groups is 1. The van der Waals surface area contributed by atoms with Crippen LogP contribution >= 0.6 is 0 Å². The van der Waals surface area contributed by atoms with Gasteiger partial charge in [-0.1, -0.05) is 26.2 Å². The summed E-state index contributed by atoms with van der Waals surface area (Å²) in [5, 5.41) is 0. The molecule has 0 aromatic heterocycles. The van der Waals surface area contributed by atoms with Crippen molar-refractivity contribution in [3.05, 3.63) is 0 Å². The molecule has 2 nitrogen and oxygen atoms in total. The Hall–Kier alpha value is -0.370. The molecule has 0 unspecified atom stereocenters. The molecular weight excluding hydrogens is 174 g/mol. The number of ketones is 1. The Kier molecular flexibility index (Phi) is 4.59. The molecule has 1 aliphatic rings. The zero-order valence-corrected chi connectivity index (χ0v) is 9.75. The second kappa shape index (κ2) is 5.50. The van der Waals surface area contributed by atoms with E-state index >= 15 is 0 Å². The number of rotatable bonds is 4. The fourth-order valence-electron chi connectivity index (χ4n) is 2.43. The average molecular weight is 197 g/mol. The topological polar surface area (TPSA) is 20.3 Å². The summed E-state index contributed by atoms with van der Waals surface area (Å²) < 4.78 is 0. The normalized spacial score (nSPS) is 21.1. The first-order valence-electron chi connectivity index (χ1n) is 5.79. The van der Waals surface area contributed by atoms with Gasteiger partial charge in [-0.2, -0.15) is 0 Å². The lowest BCUT2D eigenvalue weighted by molar-refractivity contribution is -0.127. The molecule has 0 saturated heterocycles. The molecule has 0 N–H and O–H groups in total. The molecule has 0 amide bonds. The van der Waals surface area contributed by atoms with Crippen LogP contribution in [0.5, 0.6) is 0 Å². The van der Waals surface area contributed by atoms with Gasteiger partial charge in [0.2, 0.25) is 0 Å². The largest absolute Gasteiger partial charge is 0.309 e. The summed E-state index contributed by atoms with van der Waals surface area (Å²) in [6, 6.07) is 0. The van der Waals surface area contributed by atoms with Crippen molar-refractivity contribution in [1.82, 2.24) is 4.90 Å². The third-order valence-electron chi connectivity index (χ3n) is 3.13. The first-order chi connectivity index (χ1) is 6.61. The molecule has 1 fully saturated rings. The fourth-order valence-corrected chi connectivity index (χ4v) is 2.43. The summed E-state index contributed by atoms with van der Waals surface area (Å²) in [6.07, 6.45) is 6.11. The van der Waals surface area contributed by atoms with Crippen molar-refractivity contribution in [2.75, 3.05) is 20.6 Å². The average Bonchev–Trinajstić information content (AvgIpc) is 2.17. The summed E-state index contributed by atoms with van der Waals surface area (Å²) in [7, 11) is 4.06. The van der Waals surface area contributed by atoms with Crippen LogP contribution in [0.25, 0.3) is 0 Å². The van der Waals surface area contributed by atoms with E-state index in [0.717, 1.165) is 19.4 Å². The molecular formula is C12H23NO. The highest BCUT2D eigenvalue weighted by Crippen LogP contribution is 2.26. The fraction of sp³-hybridized carbons (Fsp3) is 0.917. The van der Waals surface area contributed by atoms with Crippen LogP contribution in [-0.2, 0) is 4.79 Å². The maximum atomic E-state index is 12.0. The van der Waals surface area contributed by atoms with E-state index in [1.807, 2.05) is 14.1 Å². The third kappa shape index (κ3) is 3.41. The van der Waals surface area contributed by atoms with Crippen LogP contribution in [0.15, 0.2) is 0 Å². The Balaban J connectivity index is 2.38. The summed E-state index contributed by atoms with van der Waals surface area (Å²) in [4.78, 5) is 14.1. The molecule has 1 atom stereocenters. The number of hydrogen-bond donors (Lipinski definition) is 0. The minimum atomic E-state index is 0.216. The molecule has 2 heteroatoms. The molecule has 1 rings (SSSR count). The van der Waals surface area contributed by atoms with E-state index in [1.54, 1.807) is 0 Å². The van der Waals surface area contributed by atoms with Gasteiger partial charge in [-0.05, 0) is 26.9 Å². The van der Waals surface area contributed by atoms with E-state index in [4.69, 9.17) is 0 Å². The SMILES string of the molecule is C[C@H](CN(C)C)C(=O)C1CCCCC1. The van der Waals surface area contributed by atoms with Crippen LogP contribution in [0.4, 0.5) is 0 Å². The van der Waals surface area contributed by atoms with Gasteiger partial charge in [0.05, 0.1) is 0 Å². The minimum Gasteiger partial charge on any atom is -0.309 e. The van der Waals surface area contributed by atoms with E-state index < -0.39 is 0 Å². The maximum Gasteiger partial charge on any atom is 0.140 e. The molecule has 0 spiro atoms. The zero-order chi connectivity index (χ0) is 10.6. The van der Waals surface area contributed by atoms with E-state index in [0.29, 0.717) is 11.7 Å². The molecule has 0 aromatic carbocycles. The smallest absolute Gasteiger partial charge is 0.140 e. The van der Waals surface area contributed by atoms with Crippen LogP contribution in [0.3, 0.4) is 0 Å². The van der Waals surface area contributed by atoms with Crippen molar-refractivity contribution in [3.8, 4) is 0 Å². The molecule has 0 aliphatic heterocycles. The van der Waals surface area contributed by atoms with Crippen molar-refractivity contribution in [1.29, 1.82) is 0 Å². The third-order valence-corrected chi connectivity index (χ3v) is 3.13. The second-order valence-electron chi connectivity index (χ2n) is 4.90. The van der Waals surface area contributed by atoms with Crippen molar-refractivity contribution < 1.29 is 4.79 Å². The Morgan fingerprint density at radius 3 is 2.36 bits per heavy atom. The van der Waals surface area contributed by atoms with E-state index in [1.165, 1.54) is 19.3 Å².